The maximum atomic E-state index is 14.1. The minimum Gasteiger partial charge on any atom is -0.483 e. The number of benzene rings is 2. The van der Waals surface area contributed by atoms with Gasteiger partial charge in [-0.15, -0.1) is 0 Å². The van der Waals surface area contributed by atoms with Crippen LogP contribution in [0.4, 0.5) is 23.2 Å². The fraction of sp³-hybridized carbons (Fsp3) is 0.294. The number of rotatable bonds is 4. The smallest absolute Gasteiger partial charge is 0.191 e. The highest BCUT2D eigenvalue weighted by Crippen LogP contribution is 2.30. The first-order chi connectivity index (χ1) is 11.4. The largest absolute Gasteiger partial charge is 0.483 e. The van der Waals surface area contributed by atoms with Crippen molar-refractivity contribution in [1.29, 1.82) is 0 Å². The van der Waals surface area contributed by atoms with Crippen molar-refractivity contribution in [3.8, 4) is 5.75 Å². The summed E-state index contributed by atoms with van der Waals surface area (Å²) in [6.07, 6.45) is 0.0258. The SMILES string of the molecule is O[C@@H]1CCN(c2cc(F)c(OCc3ccc(F)c(F)c3)c(F)c2)C1. The molecular weight excluding hydrogens is 326 g/mol. The fourth-order valence-corrected chi connectivity index (χ4v) is 2.63. The fourth-order valence-electron chi connectivity index (χ4n) is 2.63. The summed E-state index contributed by atoms with van der Waals surface area (Å²) in [7, 11) is 0. The van der Waals surface area contributed by atoms with Crippen molar-refractivity contribution in [1.82, 2.24) is 0 Å². The molecule has 1 saturated heterocycles. The maximum Gasteiger partial charge on any atom is 0.191 e. The molecule has 1 aliphatic rings. The van der Waals surface area contributed by atoms with Gasteiger partial charge in [0.05, 0.1) is 6.10 Å². The molecule has 0 saturated carbocycles. The maximum absolute atomic E-state index is 14.1. The molecule has 2 aromatic rings. The number of β-amino-alcohol motifs (C(OH)–C–C–N with tert-alkyl or cyclic N) is 1. The highest BCUT2D eigenvalue weighted by atomic mass is 19.2. The van der Waals surface area contributed by atoms with Crippen LogP contribution in [-0.2, 0) is 6.61 Å². The van der Waals surface area contributed by atoms with E-state index in [2.05, 4.69) is 0 Å². The van der Waals surface area contributed by atoms with Crippen molar-refractivity contribution in [2.45, 2.75) is 19.1 Å². The summed E-state index contributed by atoms with van der Waals surface area (Å²) < 4.78 is 59.3. The lowest BCUT2D eigenvalue weighted by molar-refractivity contribution is 0.198. The van der Waals surface area contributed by atoms with E-state index in [1.807, 2.05) is 0 Å². The molecule has 0 amide bonds. The molecule has 2 aromatic carbocycles. The van der Waals surface area contributed by atoms with E-state index in [4.69, 9.17) is 4.74 Å². The zero-order valence-corrected chi connectivity index (χ0v) is 12.6. The second kappa shape index (κ2) is 6.68. The van der Waals surface area contributed by atoms with Gasteiger partial charge in [0.15, 0.2) is 29.0 Å². The average molecular weight is 341 g/mol. The van der Waals surface area contributed by atoms with Crippen molar-refractivity contribution in [2.75, 3.05) is 18.0 Å². The lowest BCUT2D eigenvalue weighted by Crippen LogP contribution is -2.21. The number of nitrogens with zero attached hydrogens (tertiary/aromatic N) is 1. The molecule has 1 aliphatic heterocycles. The Labute approximate surface area is 136 Å². The molecule has 3 rings (SSSR count). The minimum absolute atomic E-state index is 0.249. The van der Waals surface area contributed by atoms with Crippen molar-refractivity contribution in [3.63, 3.8) is 0 Å². The van der Waals surface area contributed by atoms with E-state index in [-0.39, 0.29) is 12.2 Å². The van der Waals surface area contributed by atoms with Crippen LogP contribution >= 0.6 is 0 Å². The molecule has 0 radical (unpaired) electrons. The highest BCUT2D eigenvalue weighted by Gasteiger charge is 2.23. The topological polar surface area (TPSA) is 32.7 Å². The zero-order valence-electron chi connectivity index (χ0n) is 12.6. The first-order valence-electron chi connectivity index (χ1n) is 7.43. The van der Waals surface area contributed by atoms with Gasteiger partial charge in [-0.25, -0.2) is 17.6 Å². The van der Waals surface area contributed by atoms with Gasteiger partial charge in [-0.2, -0.15) is 0 Å². The van der Waals surface area contributed by atoms with Gasteiger partial charge < -0.3 is 14.7 Å². The third kappa shape index (κ3) is 3.46. The van der Waals surface area contributed by atoms with Gasteiger partial charge in [-0.05, 0) is 24.1 Å². The van der Waals surface area contributed by atoms with E-state index < -0.39 is 35.1 Å². The summed E-state index contributed by atoms with van der Waals surface area (Å²) >= 11 is 0. The van der Waals surface area contributed by atoms with Crippen LogP contribution in [0.3, 0.4) is 0 Å². The molecule has 1 fully saturated rings. The van der Waals surface area contributed by atoms with Gasteiger partial charge in [0.1, 0.15) is 6.61 Å². The second-order valence-electron chi connectivity index (χ2n) is 5.66. The molecule has 3 nitrogen and oxygen atoms in total. The number of hydrogen-bond donors (Lipinski definition) is 1. The molecule has 1 heterocycles. The van der Waals surface area contributed by atoms with E-state index in [0.29, 0.717) is 25.2 Å². The standard InChI is InChI=1S/C17H15F4NO2/c18-13-2-1-10(5-14(13)19)9-24-17-15(20)6-11(7-16(17)21)22-4-3-12(23)8-22/h1-2,5-7,12,23H,3-4,8-9H2/t12-/m1/s1. The summed E-state index contributed by atoms with van der Waals surface area (Å²) in [4.78, 5) is 1.68. The van der Waals surface area contributed by atoms with Gasteiger partial charge in [-0.1, -0.05) is 6.07 Å². The van der Waals surface area contributed by atoms with Crippen molar-refractivity contribution in [3.05, 3.63) is 59.2 Å². The van der Waals surface area contributed by atoms with Crippen LogP contribution in [0.15, 0.2) is 30.3 Å². The van der Waals surface area contributed by atoms with Gasteiger partial charge in [0, 0.05) is 30.9 Å². The summed E-state index contributed by atoms with van der Waals surface area (Å²) in [6, 6.07) is 5.35. The minimum atomic E-state index is -1.06. The Kier molecular flexibility index (Phi) is 4.62. The number of hydrogen-bond acceptors (Lipinski definition) is 3. The third-order valence-electron chi connectivity index (χ3n) is 3.88. The molecule has 1 atom stereocenters. The lowest BCUT2D eigenvalue weighted by atomic mass is 10.2. The van der Waals surface area contributed by atoms with Crippen LogP contribution in [0.25, 0.3) is 0 Å². The Hall–Kier alpha value is -2.28. The number of halogens is 4. The Bertz CT molecular complexity index is 730. The van der Waals surface area contributed by atoms with E-state index in [1.165, 1.54) is 6.07 Å². The normalized spacial score (nSPS) is 17.4. The molecule has 0 spiro atoms. The summed E-state index contributed by atoms with van der Waals surface area (Å²) in [6.45, 7) is 0.524. The van der Waals surface area contributed by atoms with Gasteiger partial charge in [-0.3, -0.25) is 0 Å². The van der Waals surface area contributed by atoms with Crippen molar-refractivity contribution in [2.24, 2.45) is 0 Å². The van der Waals surface area contributed by atoms with Crippen molar-refractivity contribution >= 4 is 5.69 Å². The van der Waals surface area contributed by atoms with Crippen LogP contribution in [0, 0.1) is 23.3 Å². The van der Waals surface area contributed by atoms with Crippen LogP contribution < -0.4 is 9.64 Å². The first-order valence-corrected chi connectivity index (χ1v) is 7.43. The summed E-state index contributed by atoms with van der Waals surface area (Å²) in [5, 5.41) is 9.50. The van der Waals surface area contributed by atoms with Gasteiger partial charge in [0.25, 0.3) is 0 Å². The van der Waals surface area contributed by atoms with Crippen molar-refractivity contribution < 1.29 is 27.4 Å². The molecule has 0 unspecified atom stereocenters. The Morgan fingerprint density at radius 2 is 1.71 bits per heavy atom. The molecular formula is C17H15F4NO2. The monoisotopic (exact) mass is 341 g/mol. The molecule has 7 heteroatoms. The Morgan fingerprint density at radius 1 is 1.00 bits per heavy atom. The van der Waals surface area contributed by atoms with Crippen LogP contribution in [0.5, 0.6) is 5.75 Å². The number of aliphatic hydroxyl groups excluding tert-OH is 1. The number of aliphatic hydroxyl groups is 1. The number of anilines is 1. The molecule has 1 N–H and O–H groups in total. The van der Waals surface area contributed by atoms with Gasteiger partial charge >= 0.3 is 0 Å². The predicted octanol–water partition coefficient (Wildman–Crippen LogP) is 3.39. The predicted molar refractivity (Wildman–Crippen MR) is 79.9 cm³/mol. The third-order valence-corrected chi connectivity index (χ3v) is 3.88. The van der Waals surface area contributed by atoms with Crippen LogP contribution in [-0.4, -0.2) is 24.3 Å². The molecule has 0 bridgehead atoms. The van der Waals surface area contributed by atoms with E-state index in [1.54, 1.807) is 4.90 Å². The summed E-state index contributed by atoms with van der Waals surface area (Å²) in [5.74, 6) is -4.43. The Morgan fingerprint density at radius 3 is 2.29 bits per heavy atom. The molecule has 0 aromatic heterocycles. The van der Waals surface area contributed by atoms with Gasteiger partial charge in [0.2, 0.25) is 0 Å². The molecule has 128 valence electrons. The van der Waals surface area contributed by atoms with E-state index in [9.17, 15) is 22.7 Å². The van der Waals surface area contributed by atoms with Crippen LogP contribution in [0.2, 0.25) is 0 Å². The average Bonchev–Trinajstić information content (AvgIpc) is 2.96. The zero-order chi connectivity index (χ0) is 17.3. The van der Waals surface area contributed by atoms with Crippen LogP contribution in [0.1, 0.15) is 12.0 Å². The quantitative estimate of drug-likeness (QED) is 0.866. The highest BCUT2D eigenvalue weighted by molar-refractivity contribution is 5.51. The molecule has 0 aliphatic carbocycles. The van der Waals surface area contributed by atoms with E-state index >= 15 is 0 Å². The van der Waals surface area contributed by atoms with E-state index in [0.717, 1.165) is 24.3 Å². The Balaban J connectivity index is 1.75. The molecule has 24 heavy (non-hydrogen) atoms. The first kappa shape index (κ1) is 16.6. The second-order valence-corrected chi connectivity index (χ2v) is 5.66. The number of ether oxygens (including phenoxy) is 1. The lowest BCUT2D eigenvalue weighted by Gasteiger charge is -2.19. The summed E-state index contributed by atoms with van der Waals surface area (Å²) in [5.41, 5.74) is 0.571.